The SMILES string of the molecule is O=C1CC2(C(=O)NN1)C1=C(c3ccccc3CC1)N1CCCC12. The Labute approximate surface area is 134 Å². The molecule has 2 amide bonds. The molecule has 1 aromatic carbocycles. The molecule has 0 saturated carbocycles. The number of aryl methyl sites for hydroxylation is 1. The predicted molar refractivity (Wildman–Crippen MR) is 84.7 cm³/mol. The number of hydrogen-bond donors (Lipinski definition) is 2. The highest BCUT2D eigenvalue weighted by Crippen LogP contribution is 2.57. The lowest BCUT2D eigenvalue weighted by molar-refractivity contribution is -0.144. The second kappa shape index (κ2) is 4.37. The van der Waals surface area contributed by atoms with Crippen LogP contribution in [0.1, 0.15) is 36.8 Å². The Morgan fingerprint density at radius 1 is 1.13 bits per heavy atom. The van der Waals surface area contributed by atoms with Crippen molar-refractivity contribution in [1.29, 1.82) is 0 Å². The molecule has 0 bridgehead atoms. The normalized spacial score (nSPS) is 31.7. The Morgan fingerprint density at radius 3 is 2.91 bits per heavy atom. The van der Waals surface area contributed by atoms with Gasteiger partial charge < -0.3 is 4.90 Å². The van der Waals surface area contributed by atoms with Gasteiger partial charge in [-0.1, -0.05) is 24.3 Å². The van der Waals surface area contributed by atoms with Gasteiger partial charge >= 0.3 is 0 Å². The molecule has 23 heavy (non-hydrogen) atoms. The van der Waals surface area contributed by atoms with E-state index in [9.17, 15) is 9.59 Å². The van der Waals surface area contributed by atoms with Crippen molar-refractivity contribution in [2.24, 2.45) is 5.41 Å². The van der Waals surface area contributed by atoms with Gasteiger partial charge in [-0.05, 0) is 36.8 Å². The largest absolute Gasteiger partial charge is 0.367 e. The Balaban J connectivity index is 1.76. The lowest BCUT2D eigenvalue weighted by Crippen LogP contribution is -2.61. The number of carbonyl (C=O) groups is 2. The van der Waals surface area contributed by atoms with Crippen LogP contribution in [0.3, 0.4) is 0 Å². The van der Waals surface area contributed by atoms with E-state index in [1.54, 1.807) is 0 Å². The molecule has 0 aromatic heterocycles. The molecule has 4 aliphatic rings. The van der Waals surface area contributed by atoms with Gasteiger partial charge in [-0.25, -0.2) is 0 Å². The van der Waals surface area contributed by atoms with Gasteiger partial charge in [0, 0.05) is 30.3 Å². The number of hydrogen-bond acceptors (Lipinski definition) is 3. The fourth-order valence-electron chi connectivity index (χ4n) is 5.15. The van der Waals surface area contributed by atoms with Crippen LogP contribution in [0.15, 0.2) is 29.8 Å². The summed E-state index contributed by atoms with van der Waals surface area (Å²) in [6, 6.07) is 8.63. The number of nitrogens with one attached hydrogen (secondary N) is 2. The summed E-state index contributed by atoms with van der Waals surface area (Å²) in [6.07, 6.45) is 4.17. The van der Waals surface area contributed by atoms with Crippen LogP contribution in [0.4, 0.5) is 0 Å². The molecule has 1 spiro atoms. The molecule has 3 heterocycles. The first kappa shape index (κ1) is 13.2. The first-order valence-corrected chi connectivity index (χ1v) is 8.39. The standard InChI is InChI=1S/C18H19N3O2/c22-15-10-18(17(23)20-19-15)13-8-7-11-4-1-2-5-12(11)16(13)21-9-3-6-14(18)21/h1-2,4-5,14H,3,6-10H2,(H,19,22)(H,20,23). The average Bonchev–Trinajstić information content (AvgIpc) is 3.13. The average molecular weight is 309 g/mol. The van der Waals surface area contributed by atoms with Crippen molar-refractivity contribution in [3.63, 3.8) is 0 Å². The van der Waals surface area contributed by atoms with Crippen LogP contribution in [0.2, 0.25) is 0 Å². The van der Waals surface area contributed by atoms with Crippen molar-refractivity contribution in [1.82, 2.24) is 15.8 Å². The maximum absolute atomic E-state index is 12.9. The smallest absolute Gasteiger partial charge is 0.251 e. The van der Waals surface area contributed by atoms with E-state index in [2.05, 4.69) is 40.0 Å². The van der Waals surface area contributed by atoms with Crippen molar-refractivity contribution >= 4 is 17.5 Å². The summed E-state index contributed by atoms with van der Waals surface area (Å²) in [4.78, 5) is 27.4. The highest BCUT2D eigenvalue weighted by Gasteiger charge is 2.61. The van der Waals surface area contributed by atoms with E-state index in [1.807, 2.05) is 0 Å². The van der Waals surface area contributed by atoms with Crippen LogP contribution >= 0.6 is 0 Å². The van der Waals surface area contributed by atoms with Gasteiger partial charge in [-0.15, -0.1) is 0 Å². The Kier molecular flexibility index (Phi) is 2.50. The first-order chi connectivity index (χ1) is 11.2. The zero-order valence-corrected chi connectivity index (χ0v) is 12.9. The number of fused-ring (bicyclic) bond motifs is 6. The van der Waals surface area contributed by atoms with Crippen molar-refractivity contribution in [3.05, 3.63) is 41.0 Å². The second-order valence-corrected chi connectivity index (χ2v) is 6.99. The summed E-state index contributed by atoms with van der Waals surface area (Å²) in [5.74, 6) is -0.109. The zero-order valence-electron chi connectivity index (χ0n) is 12.9. The van der Waals surface area contributed by atoms with Crippen molar-refractivity contribution < 1.29 is 9.59 Å². The van der Waals surface area contributed by atoms with E-state index in [0.717, 1.165) is 32.2 Å². The van der Waals surface area contributed by atoms with Gasteiger partial charge in [0.05, 0.1) is 0 Å². The molecule has 0 radical (unpaired) electrons. The number of hydrazine groups is 1. The van der Waals surface area contributed by atoms with Crippen molar-refractivity contribution in [2.75, 3.05) is 6.54 Å². The molecule has 3 aliphatic heterocycles. The monoisotopic (exact) mass is 309 g/mol. The molecule has 2 saturated heterocycles. The Hall–Kier alpha value is -2.30. The summed E-state index contributed by atoms with van der Waals surface area (Å²) in [5, 5.41) is 0. The summed E-state index contributed by atoms with van der Waals surface area (Å²) < 4.78 is 0. The predicted octanol–water partition coefficient (Wildman–Crippen LogP) is 1.36. The van der Waals surface area contributed by atoms with Crippen LogP contribution in [0.25, 0.3) is 5.70 Å². The van der Waals surface area contributed by atoms with Gasteiger partial charge in [0.1, 0.15) is 5.41 Å². The summed E-state index contributed by atoms with van der Waals surface area (Å²) >= 11 is 0. The molecule has 2 fully saturated rings. The minimum Gasteiger partial charge on any atom is -0.367 e. The molecule has 1 aliphatic carbocycles. The summed E-state index contributed by atoms with van der Waals surface area (Å²) in [7, 11) is 0. The Bertz CT molecular complexity index is 769. The van der Waals surface area contributed by atoms with Crippen molar-refractivity contribution in [3.8, 4) is 0 Å². The van der Waals surface area contributed by atoms with Gasteiger partial charge in [0.25, 0.3) is 5.91 Å². The topological polar surface area (TPSA) is 61.4 Å². The van der Waals surface area contributed by atoms with Gasteiger partial charge in [0.15, 0.2) is 0 Å². The third-order valence-corrected chi connectivity index (χ3v) is 6.01. The zero-order chi connectivity index (χ0) is 15.6. The Morgan fingerprint density at radius 2 is 2.00 bits per heavy atom. The van der Waals surface area contributed by atoms with E-state index in [0.29, 0.717) is 0 Å². The van der Waals surface area contributed by atoms with E-state index >= 15 is 0 Å². The van der Waals surface area contributed by atoms with Gasteiger partial charge in [-0.2, -0.15) is 0 Å². The molecule has 118 valence electrons. The lowest BCUT2D eigenvalue weighted by Gasteiger charge is -2.39. The van der Waals surface area contributed by atoms with Gasteiger partial charge in [-0.3, -0.25) is 20.4 Å². The van der Waals surface area contributed by atoms with E-state index < -0.39 is 5.41 Å². The highest BCUT2D eigenvalue weighted by atomic mass is 16.2. The summed E-state index contributed by atoms with van der Waals surface area (Å²) in [6.45, 7) is 0.981. The van der Waals surface area contributed by atoms with Crippen molar-refractivity contribution in [2.45, 2.75) is 38.1 Å². The van der Waals surface area contributed by atoms with Gasteiger partial charge in [0.2, 0.25) is 5.91 Å². The number of carbonyl (C=O) groups excluding carboxylic acids is 2. The maximum atomic E-state index is 12.9. The number of amides is 2. The summed E-state index contributed by atoms with van der Waals surface area (Å²) in [5.41, 5.74) is 9.51. The molecular weight excluding hydrogens is 290 g/mol. The first-order valence-electron chi connectivity index (χ1n) is 8.39. The molecular formula is C18H19N3O2. The third kappa shape index (κ3) is 1.52. The molecule has 5 rings (SSSR count). The fourth-order valence-corrected chi connectivity index (χ4v) is 5.15. The molecule has 5 nitrogen and oxygen atoms in total. The molecule has 1 aromatic rings. The minimum absolute atomic E-state index is 0.0293. The maximum Gasteiger partial charge on any atom is 0.251 e. The quantitative estimate of drug-likeness (QED) is 0.761. The van der Waals surface area contributed by atoms with Crippen LogP contribution in [0.5, 0.6) is 0 Å². The number of nitrogens with zero attached hydrogens (tertiary/aromatic N) is 1. The molecule has 2 atom stereocenters. The lowest BCUT2D eigenvalue weighted by atomic mass is 9.67. The number of rotatable bonds is 0. The minimum atomic E-state index is -0.665. The number of benzene rings is 1. The van der Waals surface area contributed by atoms with Crippen LogP contribution in [-0.2, 0) is 16.0 Å². The van der Waals surface area contributed by atoms with E-state index in [1.165, 1.54) is 22.4 Å². The van der Waals surface area contributed by atoms with Crippen LogP contribution in [0, 0.1) is 5.41 Å². The van der Waals surface area contributed by atoms with E-state index in [-0.39, 0.29) is 24.3 Å². The third-order valence-electron chi connectivity index (χ3n) is 6.01. The van der Waals surface area contributed by atoms with Crippen LogP contribution < -0.4 is 10.9 Å². The van der Waals surface area contributed by atoms with Crippen LogP contribution in [-0.4, -0.2) is 29.3 Å². The molecule has 2 unspecified atom stereocenters. The fraction of sp³-hybridized carbons (Fsp3) is 0.444. The second-order valence-electron chi connectivity index (χ2n) is 6.99. The van der Waals surface area contributed by atoms with E-state index in [4.69, 9.17) is 0 Å². The molecule has 2 N–H and O–H groups in total. The highest BCUT2D eigenvalue weighted by molar-refractivity contribution is 6.00. The molecule has 5 heteroatoms.